The Morgan fingerprint density at radius 3 is 2.29 bits per heavy atom. The fraction of sp³-hybridized carbons (Fsp3) is 0.533. The Hall–Kier alpha value is -1.40. The Labute approximate surface area is 127 Å². The maximum atomic E-state index is 12.3. The van der Waals surface area contributed by atoms with Crippen molar-refractivity contribution < 1.29 is 13.2 Å². The van der Waals surface area contributed by atoms with Gasteiger partial charge in [0.1, 0.15) is 0 Å². The fourth-order valence-corrected chi connectivity index (χ4v) is 3.01. The van der Waals surface area contributed by atoms with Crippen molar-refractivity contribution >= 4 is 15.9 Å². The predicted molar refractivity (Wildman–Crippen MR) is 83.8 cm³/mol. The fourth-order valence-electron chi connectivity index (χ4n) is 1.80. The Bertz CT molecular complexity index is 565. The van der Waals surface area contributed by atoms with Gasteiger partial charge in [-0.15, -0.1) is 0 Å². The van der Waals surface area contributed by atoms with E-state index in [1.165, 1.54) is 28.6 Å². The van der Waals surface area contributed by atoms with E-state index < -0.39 is 10.0 Å². The van der Waals surface area contributed by atoms with E-state index in [2.05, 4.69) is 5.32 Å². The largest absolute Gasteiger partial charge is 0.350 e. The van der Waals surface area contributed by atoms with Crippen molar-refractivity contribution in [3.05, 3.63) is 29.8 Å². The number of hydrogen-bond donors (Lipinski definition) is 1. The normalized spacial score (nSPS) is 11.9. The lowest BCUT2D eigenvalue weighted by Crippen LogP contribution is -2.30. The van der Waals surface area contributed by atoms with E-state index in [0.29, 0.717) is 12.1 Å². The van der Waals surface area contributed by atoms with Gasteiger partial charge in [0.25, 0.3) is 5.91 Å². The van der Waals surface area contributed by atoms with Crippen LogP contribution in [-0.2, 0) is 10.0 Å². The maximum Gasteiger partial charge on any atom is 0.251 e. The van der Waals surface area contributed by atoms with Crippen molar-refractivity contribution in [2.75, 3.05) is 13.6 Å². The van der Waals surface area contributed by atoms with E-state index in [9.17, 15) is 13.2 Å². The third-order valence-corrected chi connectivity index (χ3v) is 4.94. The minimum atomic E-state index is -3.48. The van der Waals surface area contributed by atoms with Crippen LogP contribution in [0.3, 0.4) is 0 Å². The molecule has 6 heteroatoms. The molecular formula is C15H24N2O3S. The van der Waals surface area contributed by atoms with E-state index in [1.807, 2.05) is 20.8 Å². The molecule has 1 rings (SSSR count). The lowest BCUT2D eigenvalue weighted by atomic mass is 10.2. The average molecular weight is 312 g/mol. The number of sulfonamides is 1. The Kier molecular flexibility index (Phi) is 6.36. The van der Waals surface area contributed by atoms with Crippen LogP contribution in [0.4, 0.5) is 0 Å². The third kappa shape index (κ3) is 4.82. The van der Waals surface area contributed by atoms with Crippen molar-refractivity contribution in [1.82, 2.24) is 9.62 Å². The van der Waals surface area contributed by atoms with Crippen LogP contribution in [0.15, 0.2) is 29.2 Å². The van der Waals surface area contributed by atoms with Gasteiger partial charge >= 0.3 is 0 Å². The second kappa shape index (κ2) is 7.56. The second-order valence-corrected chi connectivity index (χ2v) is 7.38. The molecule has 0 radical (unpaired) electrons. The quantitative estimate of drug-likeness (QED) is 0.839. The van der Waals surface area contributed by atoms with Crippen molar-refractivity contribution in [3.63, 3.8) is 0 Å². The van der Waals surface area contributed by atoms with Crippen LogP contribution in [-0.4, -0.2) is 38.3 Å². The second-order valence-electron chi connectivity index (χ2n) is 5.33. The summed E-state index contributed by atoms with van der Waals surface area (Å²) in [5, 5.41) is 2.77. The Morgan fingerprint density at radius 1 is 1.24 bits per heavy atom. The first-order chi connectivity index (χ1) is 9.78. The summed E-state index contributed by atoms with van der Waals surface area (Å²) in [6.07, 6.45) is 1.76. The van der Waals surface area contributed by atoms with Crippen LogP contribution < -0.4 is 5.32 Å². The first-order valence-corrected chi connectivity index (χ1v) is 8.60. The van der Waals surface area contributed by atoms with Crippen LogP contribution in [0, 0.1) is 0 Å². The summed E-state index contributed by atoms with van der Waals surface area (Å²) >= 11 is 0. The van der Waals surface area contributed by atoms with Gasteiger partial charge in [0.15, 0.2) is 0 Å². The number of nitrogens with one attached hydrogen (secondary N) is 1. The molecule has 0 heterocycles. The number of rotatable bonds is 7. The molecule has 5 nitrogen and oxygen atoms in total. The van der Waals surface area contributed by atoms with Gasteiger partial charge in [0, 0.05) is 25.2 Å². The smallest absolute Gasteiger partial charge is 0.251 e. The molecule has 0 unspecified atom stereocenters. The van der Waals surface area contributed by atoms with Gasteiger partial charge in [0.2, 0.25) is 10.0 Å². The molecule has 0 aliphatic rings. The molecule has 1 N–H and O–H groups in total. The zero-order chi connectivity index (χ0) is 16.0. The summed E-state index contributed by atoms with van der Waals surface area (Å²) in [4.78, 5) is 12.0. The summed E-state index contributed by atoms with van der Waals surface area (Å²) in [5.74, 6) is -0.201. The Balaban J connectivity index is 2.88. The van der Waals surface area contributed by atoms with Crippen molar-refractivity contribution in [3.8, 4) is 0 Å². The number of hydrogen-bond acceptors (Lipinski definition) is 3. The van der Waals surface area contributed by atoms with Crippen LogP contribution in [0.2, 0.25) is 0 Å². The number of carbonyl (C=O) groups excluding carboxylic acids is 1. The van der Waals surface area contributed by atoms with Crippen molar-refractivity contribution in [2.24, 2.45) is 0 Å². The molecule has 0 aliphatic heterocycles. The van der Waals surface area contributed by atoms with Gasteiger partial charge in [-0.2, -0.15) is 0 Å². The molecule has 0 spiro atoms. The van der Waals surface area contributed by atoms with Crippen LogP contribution in [0.1, 0.15) is 44.0 Å². The van der Waals surface area contributed by atoms with E-state index in [1.54, 1.807) is 7.05 Å². The highest BCUT2D eigenvalue weighted by Crippen LogP contribution is 2.16. The Morgan fingerprint density at radius 2 is 1.81 bits per heavy atom. The highest BCUT2D eigenvalue weighted by molar-refractivity contribution is 7.89. The molecule has 0 aromatic heterocycles. The molecular weight excluding hydrogens is 288 g/mol. The number of nitrogens with zero attached hydrogens (tertiary/aromatic N) is 1. The molecule has 1 aromatic rings. The first-order valence-electron chi connectivity index (χ1n) is 7.16. The summed E-state index contributed by atoms with van der Waals surface area (Å²) < 4.78 is 26.0. The molecule has 1 amide bonds. The minimum Gasteiger partial charge on any atom is -0.350 e. The monoisotopic (exact) mass is 312 g/mol. The molecule has 0 fully saturated rings. The topological polar surface area (TPSA) is 66.5 Å². The first kappa shape index (κ1) is 17.7. The van der Waals surface area contributed by atoms with Crippen molar-refractivity contribution in [1.29, 1.82) is 0 Å². The van der Waals surface area contributed by atoms with Gasteiger partial charge in [0.05, 0.1) is 4.90 Å². The SMILES string of the molecule is CCCCN(C)S(=O)(=O)c1ccc(C(=O)NC(C)C)cc1. The minimum absolute atomic E-state index is 0.0427. The number of unbranched alkanes of at least 4 members (excludes halogenated alkanes) is 1. The van der Waals surface area contributed by atoms with Crippen LogP contribution in [0.25, 0.3) is 0 Å². The van der Waals surface area contributed by atoms with Crippen LogP contribution in [0.5, 0.6) is 0 Å². The van der Waals surface area contributed by atoms with E-state index in [-0.39, 0.29) is 16.8 Å². The van der Waals surface area contributed by atoms with Gasteiger partial charge in [-0.1, -0.05) is 13.3 Å². The average Bonchev–Trinajstić information content (AvgIpc) is 2.44. The lowest BCUT2D eigenvalue weighted by Gasteiger charge is -2.17. The zero-order valence-electron chi connectivity index (χ0n) is 13.1. The molecule has 0 saturated heterocycles. The van der Waals surface area contributed by atoms with Crippen molar-refractivity contribution in [2.45, 2.75) is 44.6 Å². The van der Waals surface area contributed by atoms with Gasteiger partial charge in [-0.05, 0) is 44.5 Å². The predicted octanol–water partition coefficient (Wildman–Crippen LogP) is 2.25. The van der Waals surface area contributed by atoms with Gasteiger partial charge < -0.3 is 5.32 Å². The maximum absolute atomic E-state index is 12.3. The number of carbonyl (C=O) groups is 1. The zero-order valence-corrected chi connectivity index (χ0v) is 13.9. The van der Waals surface area contributed by atoms with E-state index in [0.717, 1.165) is 12.8 Å². The van der Waals surface area contributed by atoms with Crippen LogP contribution >= 0.6 is 0 Å². The summed E-state index contributed by atoms with van der Waals surface area (Å²) in [6, 6.07) is 6.08. The molecule has 0 aliphatic carbocycles. The van der Waals surface area contributed by atoms with E-state index >= 15 is 0 Å². The van der Waals surface area contributed by atoms with Gasteiger partial charge in [-0.3, -0.25) is 4.79 Å². The summed E-state index contributed by atoms with van der Waals surface area (Å²) in [6.45, 7) is 6.26. The molecule has 1 aromatic carbocycles. The third-order valence-electron chi connectivity index (χ3n) is 3.07. The molecule has 0 saturated carbocycles. The molecule has 0 atom stereocenters. The number of benzene rings is 1. The standard InChI is InChI=1S/C15H24N2O3S/c1-5-6-11-17(4)21(19,20)14-9-7-13(8-10-14)15(18)16-12(2)3/h7-10,12H,5-6,11H2,1-4H3,(H,16,18). The van der Waals surface area contributed by atoms with Gasteiger partial charge in [-0.25, -0.2) is 12.7 Å². The van der Waals surface area contributed by atoms with E-state index in [4.69, 9.17) is 0 Å². The highest BCUT2D eigenvalue weighted by Gasteiger charge is 2.20. The molecule has 0 bridgehead atoms. The number of amides is 1. The molecule has 118 valence electrons. The summed E-state index contributed by atoms with van der Waals surface area (Å²) in [5.41, 5.74) is 0.457. The lowest BCUT2D eigenvalue weighted by molar-refractivity contribution is 0.0943. The molecule has 21 heavy (non-hydrogen) atoms. The highest BCUT2D eigenvalue weighted by atomic mass is 32.2. The summed E-state index contributed by atoms with van der Waals surface area (Å²) in [7, 11) is -1.90.